The van der Waals surface area contributed by atoms with Crippen molar-refractivity contribution in [2.75, 3.05) is 26.2 Å². The molecule has 3 N–H and O–H groups in total. The second-order valence-electron chi connectivity index (χ2n) is 5.14. The normalized spacial score (nSPS) is 16.0. The van der Waals surface area contributed by atoms with Crippen molar-refractivity contribution in [1.29, 1.82) is 0 Å². The van der Waals surface area contributed by atoms with Gasteiger partial charge in [-0.25, -0.2) is 13.1 Å². The second-order valence-corrected chi connectivity index (χ2v) is 7.35. The van der Waals surface area contributed by atoms with E-state index in [0.717, 1.165) is 25.9 Å². The average molecular weight is 473 g/mol. The number of likely N-dealkylation sites (tertiary alicyclic amines) is 1. The van der Waals surface area contributed by atoms with Gasteiger partial charge in [0.15, 0.2) is 5.96 Å². The van der Waals surface area contributed by atoms with Crippen LogP contribution >= 0.6 is 35.6 Å². The van der Waals surface area contributed by atoms with Crippen molar-refractivity contribution in [2.45, 2.75) is 24.2 Å². The number of sulfonamides is 1. The van der Waals surface area contributed by atoms with Crippen molar-refractivity contribution >= 4 is 51.6 Å². The summed E-state index contributed by atoms with van der Waals surface area (Å²) >= 11 is 5.80. The number of nitrogens with one attached hydrogen (secondary N) is 1. The molecule has 0 bridgehead atoms. The number of benzene rings is 1. The molecular formula is C14H22ClIN4O2S. The zero-order valence-corrected chi connectivity index (χ0v) is 16.6. The fourth-order valence-corrected chi connectivity index (χ4v) is 3.61. The first-order valence-electron chi connectivity index (χ1n) is 7.29. The maximum Gasteiger partial charge on any atom is 0.240 e. The van der Waals surface area contributed by atoms with Crippen molar-refractivity contribution < 1.29 is 8.42 Å². The van der Waals surface area contributed by atoms with E-state index in [1.807, 2.05) is 4.90 Å². The summed E-state index contributed by atoms with van der Waals surface area (Å²) in [5, 5.41) is 0.384. The zero-order chi connectivity index (χ0) is 16.0. The highest BCUT2D eigenvalue weighted by Crippen LogP contribution is 2.14. The molecule has 1 fully saturated rings. The van der Waals surface area contributed by atoms with E-state index in [1.54, 1.807) is 12.1 Å². The molecule has 2 rings (SSSR count). The Morgan fingerprint density at radius 3 is 2.65 bits per heavy atom. The van der Waals surface area contributed by atoms with Crippen molar-refractivity contribution in [3.8, 4) is 0 Å². The number of aliphatic imine (C=N–C) groups is 1. The molecule has 0 amide bonds. The summed E-state index contributed by atoms with van der Waals surface area (Å²) in [6.45, 7) is 2.35. The van der Waals surface area contributed by atoms with Crippen LogP contribution in [0.3, 0.4) is 0 Å². The first-order valence-corrected chi connectivity index (χ1v) is 9.15. The Bertz CT molecular complexity index is 633. The Kier molecular flexibility index (Phi) is 8.59. The van der Waals surface area contributed by atoms with Crippen LogP contribution in [0, 0.1) is 0 Å². The number of guanidine groups is 1. The molecule has 130 valence electrons. The Morgan fingerprint density at radius 2 is 2.00 bits per heavy atom. The Balaban J connectivity index is 0.00000264. The highest BCUT2D eigenvalue weighted by molar-refractivity contribution is 14.0. The zero-order valence-electron chi connectivity index (χ0n) is 12.7. The lowest BCUT2D eigenvalue weighted by Crippen LogP contribution is -2.41. The predicted octanol–water partition coefficient (Wildman–Crippen LogP) is 2.04. The fourth-order valence-electron chi connectivity index (χ4n) is 2.29. The summed E-state index contributed by atoms with van der Waals surface area (Å²) < 4.78 is 26.6. The van der Waals surface area contributed by atoms with Gasteiger partial charge in [0, 0.05) is 24.7 Å². The fraction of sp³-hybridized carbons (Fsp3) is 0.500. The van der Waals surface area contributed by atoms with Crippen LogP contribution in [0.2, 0.25) is 5.02 Å². The lowest BCUT2D eigenvalue weighted by atomic mass is 10.1. The number of hydrogen-bond acceptors (Lipinski definition) is 3. The monoisotopic (exact) mass is 472 g/mol. The minimum Gasteiger partial charge on any atom is -0.370 e. The van der Waals surface area contributed by atoms with Crippen LogP contribution in [0.1, 0.15) is 19.3 Å². The molecule has 6 nitrogen and oxygen atoms in total. The standard InChI is InChI=1S/C14H21ClN4O2S.HI/c15-12-5-4-6-13(11-12)22(20,21)18-8-7-17-14(16)19-9-2-1-3-10-19;/h4-6,11,18H,1-3,7-10H2,(H2,16,17);1H. The first-order chi connectivity index (χ1) is 10.5. The Hall–Kier alpha value is -0.580. The van der Waals surface area contributed by atoms with Gasteiger partial charge >= 0.3 is 0 Å². The largest absolute Gasteiger partial charge is 0.370 e. The van der Waals surface area contributed by atoms with E-state index < -0.39 is 10.0 Å². The van der Waals surface area contributed by atoms with E-state index in [-0.39, 0.29) is 35.4 Å². The summed E-state index contributed by atoms with van der Waals surface area (Å²) in [5.74, 6) is 0.488. The lowest BCUT2D eigenvalue weighted by molar-refractivity contribution is 0.338. The summed E-state index contributed by atoms with van der Waals surface area (Å²) in [4.78, 5) is 6.41. The number of nitrogens with two attached hydrogens (primary N) is 1. The molecule has 1 aliphatic rings. The molecule has 1 aliphatic heterocycles. The number of piperidine rings is 1. The second kappa shape index (κ2) is 9.65. The molecular weight excluding hydrogens is 451 g/mol. The van der Waals surface area contributed by atoms with Gasteiger partial charge in [-0.15, -0.1) is 24.0 Å². The highest BCUT2D eigenvalue weighted by Gasteiger charge is 2.14. The predicted molar refractivity (Wildman–Crippen MR) is 104 cm³/mol. The van der Waals surface area contributed by atoms with E-state index in [4.69, 9.17) is 17.3 Å². The molecule has 0 spiro atoms. The van der Waals surface area contributed by atoms with Gasteiger partial charge in [-0.05, 0) is 37.5 Å². The van der Waals surface area contributed by atoms with Gasteiger partial charge in [0.1, 0.15) is 0 Å². The SMILES string of the molecule is I.NC(=NCCNS(=O)(=O)c1cccc(Cl)c1)N1CCCCC1. The van der Waals surface area contributed by atoms with E-state index in [0.29, 0.717) is 17.5 Å². The van der Waals surface area contributed by atoms with Gasteiger partial charge in [-0.3, -0.25) is 4.99 Å². The van der Waals surface area contributed by atoms with E-state index >= 15 is 0 Å². The molecule has 0 radical (unpaired) electrons. The van der Waals surface area contributed by atoms with E-state index in [1.165, 1.54) is 18.6 Å². The molecule has 23 heavy (non-hydrogen) atoms. The van der Waals surface area contributed by atoms with E-state index in [2.05, 4.69) is 9.71 Å². The molecule has 0 atom stereocenters. The molecule has 1 heterocycles. The maximum atomic E-state index is 12.1. The molecule has 0 saturated carbocycles. The van der Waals surface area contributed by atoms with Gasteiger partial charge in [0.2, 0.25) is 10.0 Å². The molecule has 1 saturated heterocycles. The summed E-state index contributed by atoms with van der Waals surface area (Å²) in [5.41, 5.74) is 5.91. The molecule has 0 unspecified atom stereocenters. The Morgan fingerprint density at radius 1 is 1.30 bits per heavy atom. The third-order valence-corrected chi connectivity index (χ3v) is 5.16. The van der Waals surface area contributed by atoms with Gasteiger partial charge in [0.25, 0.3) is 0 Å². The third kappa shape index (κ3) is 6.44. The third-order valence-electron chi connectivity index (χ3n) is 3.46. The summed E-state index contributed by atoms with van der Waals surface area (Å²) in [6.07, 6.45) is 3.47. The molecule has 1 aromatic rings. The molecule has 0 aliphatic carbocycles. The van der Waals surface area contributed by atoms with Crippen molar-refractivity contribution in [1.82, 2.24) is 9.62 Å². The van der Waals surface area contributed by atoms with Crippen LogP contribution in [0.4, 0.5) is 0 Å². The van der Waals surface area contributed by atoms with Gasteiger partial charge < -0.3 is 10.6 Å². The van der Waals surface area contributed by atoms with Crippen LogP contribution in [0.25, 0.3) is 0 Å². The van der Waals surface area contributed by atoms with E-state index in [9.17, 15) is 8.42 Å². The van der Waals surface area contributed by atoms with Crippen LogP contribution in [-0.4, -0.2) is 45.5 Å². The summed E-state index contributed by atoms with van der Waals surface area (Å²) in [6, 6.07) is 6.14. The van der Waals surface area contributed by atoms with Crippen molar-refractivity contribution in [3.63, 3.8) is 0 Å². The van der Waals surface area contributed by atoms with Gasteiger partial charge in [-0.2, -0.15) is 0 Å². The average Bonchev–Trinajstić information content (AvgIpc) is 2.52. The number of nitrogens with zero attached hydrogens (tertiary/aromatic N) is 2. The number of hydrogen-bond donors (Lipinski definition) is 2. The quantitative estimate of drug-likeness (QED) is 0.297. The van der Waals surface area contributed by atoms with Crippen molar-refractivity contribution in [3.05, 3.63) is 29.3 Å². The first kappa shape index (κ1) is 20.5. The Labute approximate surface area is 159 Å². The minimum absolute atomic E-state index is 0. The highest BCUT2D eigenvalue weighted by atomic mass is 127. The molecule has 0 aromatic heterocycles. The smallest absolute Gasteiger partial charge is 0.240 e. The van der Waals surface area contributed by atoms with Crippen molar-refractivity contribution in [2.24, 2.45) is 10.7 Å². The van der Waals surface area contributed by atoms with Crippen LogP contribution in [0.15, 0.2) is 34.2 Å². The van der Waals surface area contributed by atoms with Crippen LogP contribution in [-0.2, 0) is 10.0 Å². The lowest BCUT2D eigenvalue weighted by Gasteiger charge is -2.27. The van der Waals surface area contributed by atoms with Crippen LogP contribution < -0.4 is 10.5 Å². The minimum atomic E-state index is -3.56. The number of rotatable bonds is 5. The molecule has 1 aromatic carbocycles. The maximum absolute atomic E-state index is 12.1. The van der Waals surface area contributed by atoms with Gasteiger partial charge in [0.05, 0.1) is 11.4 Å². The van der Waals surface area contributed by atoms with Gasteiger partial charge in [-0.1, -0.05) is 17.7 Å². The number of halogens is 2. The summed E-state index contributed by atoms with van der Waals surface area (Å²) in [7, 11) is -3.56. The van der Waals surface area contributed by atoms with Crippen LogP contribution in [0.5, 0.6) is 0 Å². The topological polar surface area (TPSA) is 87.8 Å². The molecule has 9 heteroatoms.